The summed E-state index contributed by atoms with van der Waals surface area (Å²) in [6, 6.07) is 13.4. The zero-order valence-corrected chi connectivity index (χ0v) is 15.9. The molecule has 0 saturated heterocycles. The fourth-order valence-electron chi connectivity index (χ4n) is 2.68. The van der Waals surface area contributed by atoms with E-state index in [2.05, 4.69) is 10.6 Å². The molecule has 28 heavy (non-hydrogen) atoms. The first-order chi connectivity index (χ1) is 13.4. The molecule has 2 rings (SSSR count). The molecule has 148 valence electrons. The first-order valence-electron chi connectivity index (χ1n) is 9.35. The summed E-state index contributed by atoms with van der Waals surface area (Å²) >= 11 is 0. The summed E-state index contributed by atoms with van der Waals surface area (Å²) in [6.45, 7) is 2.00. The third kappa shape index (κ3) is 7.57. The minimum absolute atomic E-state index is 0.000216. The first-order valence-corrected chi connectivity index (χ1v) is 9.35. The molecule has 0 unspecified atom stereocenters. The van der Waals surface area contributed by atoms with Gasteiger partial charge in [0.25, 0.3) is 5.69 Å². The SMILES string of the molecule is Cc1ccc(NC(=O)CCCCCCC(=O)Nc2ccc([N+](=O)[O-])cc2)cc1. The molecule has 2 aromatic carbocycles. The normalized spacial score (nSPS) is 10.3. The highest BCUT2D eigenvalue weighted by Crippen LogP contribution is 2.16. The molecule has 2 amide bonds. The zero-order valence-electron chi connectivity index (χ0n) is 15.9. The van der Waals surface area contributed by atoms with Crippen LogP contribution in [0.25, 0.3) is 0 Å². The van der Waals surface area contributed by atoms with Crippen molar-refractivity contribution in [3.63, 3.8) is 0 Å². The Kier molecular flexibility index (Phi) is 8.14. The molecule has 0 fully saturated rings. The van der Waals surface area contributed by atoms with Crippen LogP contribution in [0, 0.1) is 17.0 Å². The lowest BCUT2D eigenvalue weighted by Gasteiger charge is -2.06. The van der Waals surface area contributed by atoms with E-state index in [9.17, 15) is 19.7 Å². The van der Waals surface area contributed by atoms with Crippen LogP contribution in [0.4, 0.5) is 17.1 Å². The van der Waals surface area contributed by atoms with Crippen LogP contribution in [0.5, 0.6) is 0 Å². The molecular formula is C21H25N3O4. The number of nitro benzene ring substituents is 1. The molecule has 0 heterocycles. The van der Waals surface area contributed by atoms with E-state index in [1.54, 1.807) is 0 Å². The van der Waals surface area contributed by atoms with Gasteiger partial charge < -0.3 is 10.6 Å². The molecule has 0 bridgehead atoms. The number of unbranched alkanes of at least 4 members (excludes halogenated alkanes) is 3. The maximum Gasteiger partial charge on any atom is 0.269 e. The molecule has 2 N–H and O–H groups in total. The average Bonchev–Trinajstić information content (AvgIpc) is 2.67. The lowest BCUT2D eigenvalue weighted by Crippen LogP contribution is -2.11. The van der Waals surface area contributed by atoms with Gasteiger partial charge in [0.2, 0.25) is 11.8 Å². The second kappa shape index (κ2) is 10.8. The highest BCUT2D eigenvalue weighted by molar-refractivity contribution is 5.91. The Morgan fingerprint density at radius 1 is 0.786 bits per heavy atom. The molecule has 0 aliphatic heterocycles. The van der Waals surface area contributed by atoms with Gasteiger partial charge in [0.1, 0.15) is 0 Å². The Labute approximate surface area is 164 Å². The summed E-state index contributed by atoms with van der Waals surface area (Å²) in [7, 11) is 0. The van der Waals surface area contributed by atoms with E-state index in [1.165, 1.54) is 24.3 Å². The molecule has 2 aromatic rings. The summed E-state index contributed by atoms with van der Waals surface area (Å²) in [4.78, 5) is 33.9. The van der Waals surface area contributed by atoms with Crippen LogP contribution >= 0.6 is 0 Å². The van der Waals surface area contributed by atoms with Crippen molar-refractivity contribution < 1.29 is 14.5 Å². The summed E-state index contributed by atoms with van der Waals surface area (Å²) in [6.07, 6.45) is 4.10. The molecule has 0 aliphatic rings. The monoisotopic (exact) mass is 383 g/mol. The largest absolute Gasteiger partial charge is 0.326 e. The van der Waals surface area contributed by atoms with Crippen molar-refractivity contribution in [3.8, 4) is 0 Å². The van der Waals surface area contributed by atoms with Gasteiger partial charge in [0, 0.05) is 36.3 Å². The quantitative estimate of drug-likeness (QED) is 0.349. The number of nitro groups is 1. The smallest absolute Gasteiger partial charge is 0.269 e. The number of amides is 2. The van der Waals surface area contributed by atoms with E-state index < -0.39 is 4.92 Å². The number of carbonyl (C=O) groups excluding carboxylic acids is 2. The standard InChI is InChI=1S/C21H25N3O4/c1-16-8-10-17(11-9-16)22-20(25)6-4-2-3-5-7-21(26)23-18-12-14-19(15-13-18)24(27)28/h8-15H,2-7H2,1H3,(H,22,25)(H,23,26). The molecule has 0 aliphatic carbocycles. The van der Waals surface area contributed by atoms with E-state index in [0.29, 0.717) is 18.5 Å². The van der Waals surface area contributed by atoms with Crippen LogP contribution < -0.4 is 10.6 Å². The molecule has 0 aromatic heterocycles. The zero-order chi connectivity index (χ0) is 20.4. The van der Waals surface area contributed by atoms with Gasteiger partial charge in [0.05, 0.1) is 4.92 Å². The molecule has 0 atom stereocenters. The van der Waals surface area contributed by atoms with E-state index in [0.717, 1.165) is 36.9 Å². The van der Waals surface area contributed by atoms with Crippen molar-refractivity contribution in [2.75, 3.05) is 10.6 Å². The fourth-order valence-corrected chi connectivity index (χ4v) is 2.68. The number of hydrogen-bond donors (Lipinski definition) is 2. The lowest BCUT2D eigenvalue weighted by molar-refractivity contribution is -0.384. The van der Waals surface area contributed by atoms with Gasteiger partial charge in [-0.05, 0) is 44.0 Å². The van der Waals surface area contributed by atoms with Crippen molar-refractivity contribution in [1.82, 2.24) is 0 Å². The van der Waals surface area contributed by atoms with Crippen LogP contribution in [-0.4, -0.2) is 16.7 Å². The minimum Gasteiger partial charge on any atom is -0.326 e. The van der Waals surface area contributed by atoms with Crippen molar-refractivity contribution in [2.24, 2.45) is 0 Å². The Morgan fingerprint density at radius 3 is 1.64 bits per heavy atom. The van der Waals surface area contributed by atoms with Crippen molar-refractivity contribution in [3.05, 3.63) is 64.2 Å². The topological polar surface area (TPSA) is 101 Å². The number of nitrogens with zero attached hydrogens (tertiary/aromatic N) is 1. The molecule has 0 saturated carbocycles. The second-order valence-corrected chi connectivity index (χ2v) is 6.68. The Bertz CT molecular complexity index is 801. The number of benzene rings is 2. The van der Waals surface area contributed by atoms with Crippen molar-refractivity contribution in [1.29, 1.82) is 0 Å². The van der Waals surface area contributed by atoms with Crippen LogP contribution in [0.1, 0.15) is 44.1 Å². The van der Waals surface area contributed by atoms with Gasteiger partial charge in [-0.3, -0.25) is 19.7 Å². The maximum absolute atomic E-state index is 11.9. The van der Waals surface area contributed by atoms with Gasteiger partial charge in [-0.2, -0.15) is 0 Å². The van der Waals surface area contributed by atoms with Crippen molar-refractivity contribution >= 4 is 28.9 Å². The number of anilines is 2. The highest BCUT2D eigenvalue weighted by atomic mass is 16.6. The maximum atomic E-state index is 11.9. The Morgan fingerprint density at radius 2 is 1.21 bits per heavy atom. The summed E-state index contributed by atoms with van der Waals surface area (Å²) in [5, 5.41) is 16.2. The third-order valence-corrected chi connectivity index (χ3v) is 4.25. The second-order valence-electron chi connectivity index (χ2n) is 6.68. The number of hydrogen-bond acceptors (Lipinski definition) is 4. The van der Waals surface area contributed by atoms with Gasteiger partial charge in [-0.15, -0.1) is 0 Å². The van der Waals surface area contributed by atoms with E-state index >= 15 is 0 Å². The van der Waals surface area contributed by atoms with Gasteiger partial charge in [0.15, 0.2) is 0 Å². The first kappa shape index (κ1) is 21.1. The average molecular weight is 383 g/mol. The number of aryl methyl sites for hydroxylation is 1. The van der Waals surface area contributed by atoms with Crippen LogP contribution in [0.3, 0.4) is 0 Å². The van der Waals surface area contributed by atoms with E-state index in [1.807, 2.05) is 31.2 Å². The van der Waals surface area contributed by atoms with E-state index in [-0.39, 0.29) is 17.5 Å². The third-order valence-electron chi connectivity index (χ3n) is 4.25. The van der Waals surface area contributed by atoms with E-state index in [4.69, 9.17) is 0 Å². The fraction of sp³-hybridized carbons (Fsp3) is 0.333. The van der Waals surface area contributed by atoms with Crippen LogP contribution in [0.2, 0.25) is 0 Å². The summed E-state index contributed by atoms with van der Waals surface area (Å²) in [5.74, 6) is -0.120. The van der Waals surface area contributed by atoms with Crippen LogP contribution in [-0.2, 0) is 9.59 Å². The Balaban J connectivity index is 1.55. The predicted molar refractivity (Wildman–Crippen MR) is 109 cm³/mol. The number of nitrogens with one attached hydrogen (secondary N) is 2. The number of non-ortho nitro benzene ring substituents is 1. The van der Waals surface area contributed by atoms with Crippen molar-refractivity contribution in [2.45, 2.75) is 45.4 Å². The van der Waals surface area contributed by atoms with Gasteiger partial charge in [-0.1, -0.05) is 30.5 Å². The molecule has 7 nitrogen and oxygen atoms in total. The lowest BCUT2D eigenvalue weighted by atomic mass is 10.1. The van der Waals surface area contributed by atoms with Gasteiger partial charge in [-0.25, -0.2) is 0 Å². The molecular weight excluding hydrogens is 358 g/mol. The number of rotatable bonds is 10. The number of carbonyl (C=O) groups is 2. The van der Waals surface area contributed by atoms with Crippen LogP contribution in [0.15, 0.2) is 48.5 Å². The highest BCUT2D eigenvalue weighted by Gasteiger charge is 2.07. The Hall–Kier alpha value is -3.22. The summed E-state index contributed by atoms with van der Waals surface area (Å²) in [5.41, 5.74) is 2.49. The summed E-state index contributed by atoms with van der Waals surface area (Å²) < 4.78 is 0. The minimum atomic E-state index is -0.480. The van der Waals surface area contributed by atoms with Gasteiger partial charge >= 0.3 is 0 Å². The molecule has 7 heteroatoms. The molecule has 0 radical (unpaired) electrons. The predicted octanol–water partition coefficient (Wildman–Crippen LogP) is 4.82. The molecule has 0 spiro atoms.